The number of hydrogen-bond donors (Lipinski definition) is 1. The zero-order valence-corrected chi connectivity index (χ0v) is 14.1. The van der Waals surface area contributed by atoms with E-state index in [0.29, 0.717) is 13.2 Å². The van der Waals surface area contributed by atoms with Gasteiger partial charge in [-0.2, -0.15) is 0 Å². The second-order valence-electron chi connectivity index (χ2n) is 4.42. The van der Waals surface area contributed by atoms with Crippen LogP contribution in [0, 0.1) is 0 Å². The molecule has 0 spiro atoms. The Kier molecular flexibility index (Phi) is 5.70. The molecule has 2 rings (SSSR count). The van der Waals surface area contributed by atoms with Gasteiger partial charge >= 0.3 is 0 Å². The van der Waals surface area contributed by atoms with Crippen LogP contribution in [0.5, 0.6) is 11.5 Å². The van der Waals surface area contributed by atoms with Crippen LogP contribution in [0.15, 0.2) is 39.4 Å². The lowest BCUT2D eigenvalue weighted by Crippen LogP contribution is -2.18. The SMILES string of the molecule is CCOc1cc(Br)c(C(NC)c2ccco2)cc1OCC. The Morgan fingerprint density at radius 1 is 1.19 bits per heavy atom. The number of hydrogen-bond acceptors (Lipinski definition) is 4. The average molecular weight is 354 g/mol. The summed E-state index contributed by atoms with van der Waals surface area (Å²) in [7, 11) is 1.90. The molecule has 0 saturated carbocycles. The maximum absolute atomic E-state index is 5.69. The van der Waals surface area contributed by atoms with Gasteiger partial charge in [-0.3, -0.25) is 0 Å². The van der Waals surface area contributed by atoms with Crippen molar-refractivity contribution < 1.29 is 13.9 Å². The van der Waals surface area contributed by atoms with E-state index in [4.69, 9.17) is 13.9 Å². The van der Waals surface area contributed by atoms with Crippen molar-refractivity contribution in [1.82, 2.24) is 5.32 Å². The molecule has 0 aliphatic carbocycles. The molecule has 1 heterocycles. The summed E-state index contributed by atoms with van der Waals surface area (Å²) in [6.45, 7) is 5.10. The molecule has 1 atom stereocenters. The Morgan fingerprint density at radius 3 is 2.38 bits per heavy atom. The number of furan rings is 1. The van der Waals surface area contributed by atoms with Gasteiger partial charge in [0.2, 0.25) is 0 Å². The Balaban J connectivity index is 2.45. The molecule has 0 aliphatic rings. The highest BCUT2D eigenvalue weighted by atomic mass is 79.9. The second kappa shape index (κ2) is 7.52. The molecule has 0 saturated heterocycles. The van der Waals surface area contributed by atoms with Crippen molar-refractivity contribution in [2.45, 2.75) is 19.9 Å². The number of rotatable bonds is 7. The number of ether oxygens (including phenoxy) is 2. The Morgan fingerprint density at radius 2 is 1.86 bits per heavy atom. The average Bonchev–Trinajstić information content (AvgIpc) is 2.98. The highest BCUT2D eigenvalue weighted by molar-refractivity contribution is 9.10. The molecule has 4 nitrogen and oxygen atoms in total. The molecule has 1 aromatic heterocycles. The smallest absolute Gasteiger partial charge is 0.162 e. The summed E-state index contributed by atoms with van der Waals surface area (Å²) in [4.78, 5) is 0. The number of nitrogens with one attached hydrogen (secondary N) is 1. The van der Waals surface area contributed by atoms with Gasteiger partial charge in [-0.15, -0.1) is 0 Å². The van der Waals surface area contributed by atoms with Crippen LogP contribution in [0.3, 0.4) is 0 Å². The summed E-state index contributed by atoms with van der Waals surface area (Å²) in [5.41, 5.74) is 1.04. The molecule has 1 N–H and O–H groups in total. The van der Waals surface area contributed by atoms with Gasteiger partial charge in [-0.05, 0) is 50.7 Å². The third-order valence-corrected chi connectivity index (χ3v) is 3.78. The van der Waals surface area contributed by atoms with Crippen LogP contribution in [-0.4, -0.2) is 20.3 Å². The highest BCUT2D eigenvalue weighted by Gasteiger charge is 2.20. The summed E-state index contributed by atoms with van der Waals surface area (Å²) >= 11 is 3.61. The summed E-state index contributed by atoms with van der Waals surface area (Å²) in [5, 5.41) is 3.26. The van der Waals surface area contributed by atoms with E-state index in [1.165, 1.54) is 0 Å². The molecule has 1 unspecified atom stereocenters. The predicted molar refractivity (Wildman–Crippen MR) is 86.1 cm³/mol. The van der Waals surface area contributed by atoms with Crippen molar-refractivity contribution in [2.24, 2.45) is 0 Å². The first-order valence-electron chi connectivity index (χ1n) is 7.00. The van der Waals surface area contributed by atoms with Crippen LogP contribution < -0.4 is 14.8 Å². The summed E-state index contributed by atoms with van der Waals surface area (Å²) < 4.78 is 17.8. The van der Waals surface area contributed by atoms with E-state index < -0.39 is 0 Å². The molecule has 0 amide bonds. The standard InChI is InChI=1S/C16H20BrNO3/c1-4-19-14-9-11(12(17)10-15(14)20-5-2)16(18-3)13-7-6-8-21-13/h6-10,16,18H,4-5H2,1-3H3. The molecule has 21 heavy (non-hydrogen) atoms. The fourth-order valence-electron chi connectivity index (χ4n) is 2.22. The molecule has 0 bridgehead atoms. The molecular weight excluding hydrogens is 334 g/mol. The minimum atomic E-state index is -0.0516. The highest BCUT2D eigenvalue weighted by Crippen LogP contribution is 2.38. The minimum absolute atomic E-state index is 0.0516. The van der Waals surface area contributed by atoms with Crippen molar-refractivity contribution in [1.29, 1.82) is 0 Å². The fourth-order valence-corrected chi connectivity index (χ4v) is 2.77. The molecule has 114 valence electrons. The van der Waals surface area contributed by atoms with Crippen LogP contribution >= 0.6 is 15.9 Å². The zero-order valence-electron chi connectivity index (χ0n) is 12.5. The van der Waals surface area contributed by atoms with Crippen LogP contribution in [0.4, 0.5) is 0 Å². The number of halogens is 1. The van der Waals surface area contributed by atoms with Crippen LogP contribution in [0.2, 0.25) is 0 Å². The van der Waals surface area contributed by atoms with Gasteiger partial charge < -0.3 is 19.2 Å². The van der Waals surface area contributed by atoms with Gasteiger partial charge in [0.05, 0.1) is 25.5 Å². The largest absolute Gasteiger partial charge is 0.490 e. The first-order chi connectivity index (χ1) is 10.2. The third kappa shape index (κ3) is 3.60. The Hall–Kier alpha value is -1.46. The van der Waals surface area contributed by atoms with E-state index in [0.717, 1.165) is 27.3 Å². The van der Waals surface area contributed by atoms with Crippen LogP contribution in [0.25, 0.3) is 0 Å². The lowest BCUT2D eigenvalue weighted by molar-refractivity contribution is 0.287. The monoisotopic (exact) mass is 353 g/mol. The molecule has 0 aliphatic heterocycles. The van der Waals surface area contributed by atoms with Crippen molar-refractivity contribution in [2.75, 3.05) is 20.3 Å². The van der Waals surface area contributed by atoms with Gasteiger partial charge in [0.15, 0.2) is 11.5 Å². The lowest BCUT2D eigenvalue weighted by atomic mass is 10.0. The van der Waals surface area contributed by atoms with Crippen molar-refractivity contribution in [3.8, 4) is 11.5 Å². The molecule has 0 radical (unpaired) electrons. The van der Waals surface area contributed by atoms with Crippen molar-refractivity contribution in [3.05, 3.63) is 46.3 Å². The van der Waals surface area contributed by atoms with Gasteiger partial charge in [0, 0.05) is 4.47 Å². The van der Waals surface area contributed by atoms with Gasteiger partial charge in [0.25, 0.3) is 0 Å². The predicted octanol–water partition coefficient (Wildman–Crippen LogP) is 4.15. The molecule has 1 aromatic carbocycles. The van der Waals surface area contributed by atoms with E-state index in [2.05, 4.69) is 21.2 Å². The van der Waals surface area contributed by atoms with Crippen molar-refractivity contribution >= 4 is 15.9 Å². The van der Waals surface area contributed by atoms with E-state index >= 15 is 0 Å². The van der Waals surface area contributed by atoms with Crippen LogP contribution in [-0.2, 0) is 0 Å². The minimum Gasteiger partial charge on any atom is -0.490 e. The van der Waals surface area contributed by atoms with E-state index in [1.807, 2.05) is 45.2 Å². The first kappa shape index (κ1) is 15.9. The van der Waals surface area contributed by atoms with E-state index in [-0.39, 0.29) is 6.04 Å². The third-order valence-electron chi connectivity index (χ3n) is 3.09. The Labute approximate surface area is 133 Å². The van der Waals surface area contributed by atoms with E-state index in [9.17, 15) is 0 Å². The molecule has 0 fully saturated rings. The van der Waals surface area contributed by atoms with Gasteiger partial charge in [-0.1, -0.05) is 15.9 Å². The maximum Gasteiger partial charge on any atom is 0.162 e. The normalized spacial score (nSPS) is 12.2. The quantitative estimate of drug-likeness (QED) is 0.811. The number of benzene rings is 1. The lowest BCUT2D eigenvalue weighted by Gasteiger charge is -2.19. The molecule has 2 aromatic rings. The summed E-state index contributed by atoms with van der Waals surface area (Å²) in [6, 6.07) is 7.71. The first-order valence-corrected chi connectivity index (χ1v) is 7.80. The van der Waals surface area contributed by atoms with Crippen LogP contribution in [0.1, 0.15) is 31.2 Å². The van der Waals surface area contributed by atoms with Gasteiger partial charge in [-0.25, -0.2) is 0 Å². The van der Waals surface area contributed by atoms with Gasteiger partial charge in [0.1, 0.15) is 5.76 Å². The molecular formula is C16H20BrNO3. The Bertz CT molecular complexity index is 569. The fraction of sp³-hybridized carbons (Fsp3) is 0.375. The topological polar surface area (TPSA) is 43.6 Å². The maximum atomic E-state index is 5.69. The summed E-state index contributed by atoms with van der Waals surface area (Å²) in [6.07, 6.45) is 1.67. The molecule has 5 heteroatoms. The van der Waals surface area contributed by atoms with Crippen molar-refractivity contribution in [3.63, 3.8) is 0 Å². The second-order valence-corrected chi connectivity index (χ2v) is 5.28. The summed E-state index contributed by atoms with van der Waals surface area (Å²) in [5.74, 6) is 2.33. The zero-order chi connectivity index (χ0) is 15.2. The van der Waals surface area contributed by atoms with E-state index in [1.54, 1.807) is 6.26 Å².